The Morgan fingerprint density at radius 3 is 2.36 bits per heavy atom. The molecule has 134 valence electrons. The largest absolute Gasteiger partial charge is 0.497 e. The summed E-state index contributed by atoms with van der Waals surface area (Å²) >= 11 is 1.61. The quantitative estimate of drug-likeness (QED) is 0.738. The van der Waals surface area contributed by atoms with Crippen LogP contribution in [-0.4, -0.2) is 44.5 Å². The summed E-state index contributed by atoms with van der Waals surface area (Å²) < 4.78 is 5.08. The number of carbonyl (C=O) groups is 2. The number of hydrogen-bond acceptors (Lipinski definition) is 5. The maximum Gasteiger partial charge on any atom is 0.309 e. The molecular formula is C18H23N3O3S. The lowest BCUT2D eigenvalue weighted by Crippen LogP contribution is -2.42. The van der Waals surface area contributed by atoms with Crippen molar-refractivity contribution in [2.75, 3.05) is 27.7 Å². The molecular weight excluding hydrogens is 338 g/mol. The predicted molar refractivity (Wildman–Crippen MR) is 98.6 cm³/mol. The number of benzene rings is 1. The number of nitrogens with one attached hydrogen (secondary N) is 2. The number of hydrogen-bond donors (Lipinski definition) is 2. The number of carbonyl (C=O) groups excluding carboxylic acids is 2. The summed E-state index contributed by atoms with van der Waals surface area (Å²) in [6.07, 6.45) is 0. The topological polar surface area (TPSA) is 70.7 Å². The first-order valence-electron chi connectivity index (χ1n) is 7.88. The third kappa shape index (κ3) is 5.58. The van der Waals surface area contributed by atoms with Crippen LogP contribution in [0.1, 0.15) is 17.2 Å². The van der Waals surface area contributed by atoms with Crippen molar-refractivity contribution in [2.24, 2.45) is 0 Å². The Bertz CT molecular complexity index is 684. The highest BCUT2D eigenvalue weighted by molar-refractivity contribution is 7.07. The molecule has 0 aliphatic carbocycles. The van der Waals surface area contributed by atoms with E-state index in [-0.39, 0.29) is 12.6 Å². The van der Waals surface area contributed by atoms with Crippen molar-refractivity contribution in [1.82, 2.24) is 15.5 Å². The molecule has 0 bridgehead atoms. The van der Waals surface area contributed by atoms with Gasteiger partial charge in [-0.05, 0) is 54.2 Å². The lowest BCUT2D eigenvalue weighted by atomic mass is 10.1. The molecule has 6 nitrogen and oxygen atoms in total. The molecule has 1 atom stereocenters. The molecule has 0 radical (unpaired) electrons. The fraction of sp³-hybridized carbons (Fsp3) is 0.333. The standard InChI is InChI=1S/C18H23N3O3S/c1-21(2)16(14-8-9-25-12-14)11-20-18(23)17(22)19-10-13-4-6-15(24-3)7-5-13/h4-9,12,16H,10-11H2,1-3H3,(H,19,22)(H,20,23)/t16-/m1/s1. The van der Waals surface area contributed by atoms with E-state index in [9.17, 15) is 9.59 Å². The zero-order valence-electron chi connectivity index (χ0n) is 14.6. The van der Waals surface area contributed by atoms with E-state index < -0.39 is 11.8 Å². The van der Waals surface area contributed by atoms with Gasteiger partial charge in [0.25, 0.3) is 0 Å². The van der Waals surface area contributed by atoms with E-state index in [1.165, 1.54) is 0 Å². The van der Waals surface area contributed by atoms with Crippen molar-refractivity contribution < 1.29 is 14.3 Å². The molecule has 0 saturated carbocycles. The molecule has 2 rings (SSSR count). The van der Waals surface area contributed by atoms with E-state index in [1.807, 2.05) is 60.1 Å². The number of methoxy groups -OCH3 is 1. The average molecular weight is 361 g/mol. The number of rotatable bonds is 7. The zero-order valence-corrected chi connectivity index (χ0v) is 15.4. The number of amides is 2. The molecule has 0 unspecified atom stereocenters. The predicted octanol–water partition coefficient (Wildman–Crippen LogP) is 1.79. The van der Waals surface area contributed by atoms with E-state index in [4.69, 9.17) is 4.74 Å². The summed E-state index contributed by atoms with van der Waals surface area (Å²) in [5, 5.41) is 9.36. The van der Waals surface area contributed by atoms with Gasteiger partial charge >= 0.3 is 11.8 Å². The molecule has 1 aromatic carbocycles. The van der Waals surface area contributed by atoms with Crippen molar-refractivity contribution in [2.45, 2.75) is 12.6 Å². The fourth-order valence-corrected chi connectivity index (χ4v) is 3.05. The lowest BCUT2D eigenvalue weighted by molar-refractivity contribution is -0.139. The minimum absolute atomic E-state index is 0.0320. The second kappa shape index (κ2) is 9.19. The van der Waals surface area contributed by atoms with E-state index in [1.54, 1.807) is 18.4 Å². The number of nitrogens with zero attached hydrogens (tertiary/aromatic N) is 1. The molecule has 0 aliphatic rings. The molecule has 25 heavy (non-hydrogen) atoms. The van der Waals surface area contributed by atoms with Gasteiger partial charge in [-0.2, -0.15) is 11.3 Å². The summed E-state index contributed by atoms with van der Waals surface area (Å²) in [5.41, 5.74) is 2.01. The van der Waals surface area contributed by atoms with Crippen molar-refractivity contribution in [1.29, 1.82) is 0 Å². The van der Waals surface area contributed by atoms with E-state index in [2.05, 4.69) is 10.6 Å². The molecule has 1 aromatic heterocycles. The van der Waals surface area contributed by atoms with Crippen LogP contribution in [0.4, 0.5) is 0 Å². The monoisotopic (exact) mass is 361 g/mol. The SMILES string of the molecule is COc1ccc(CNC(=O)C(=O)NC[C@H](c2ccsc2)N(C)C)cc1. The normalized spacial score (nSPS) is 11.8. The van der Waals surface area contributed by atoms with Gasteiger partial charge in [0.1, 0.15) is 5.75 Å². The van der Waals surface area contributed by atoms with Gasteiger partial charge in [-0.1, -0.05) is 12.1 Å². The van der Waals surface area contributed by atoms with Crippen molar-refractivity contribution >= 4 is 23.2 Å². The van der Waals surface area contributed by atoms with Gasteiger partial charge in [0, 0.05) is 13.1 Å². The number of ether oxygens (including phenoxy) is 1. The molecule has 1 heterocycles. The first-order chi connectivity index (χ1) is 12.0. The van der Waals surface area contributed by atoms with Crippen molar-refractivity contribution in [3.63, 3.8) is 0 Å². The number of likely N-dealkylation sites (N-methyl/N-ethyl adjacent to an activating group) is 1. The minimum atomic E-state index is -0.640. The van der Waals surface area contributed by atoms with Gasteiger partial charge in [0.2, 0.25) is 0 Å². The van der Waals surface area contributed by atoms with Crippen LogP contribution in [0.3, 0.4) is 0 Å². The van der Waals surface area contributed by atoms with Crippen LogP contribution in [0.5, 0.6) is 5.75 Å². The molecule has 0 fully saturated rings. The summed E-state index contributed by atoms with van der Waals surface area (Å²) in [7, 11) is 5.48. The third-order valence-electron chi connectivity index (χ3n) is 3.83. The molecule has 0 aliphatic heterocycles. The van der Waals surface area contributed by atoms with Crippen LogP contribution in [0, 0.1) is 0 Å². The molecule has 2 aromatic rings. The summed E-state index contributed by atoms with van der Waals surface area (Å²) in [6, 6.07) is 9.36. The van der Waals surface area contributed by atoms with Crippen LogP contribution >= 0.6 is 11.3 Å². The first-order valence-corrected chi connectivity index (χ1v) is 8.83. The Kier molecular flexibility index (Phi) is 6.97. The van der Waals surface area contributed by atoms with E-state index >= 15 is 0 Å². The van der Waals surface area contributed by atoms with E-state index in [0.29, 0.717) is 6.54 Å². The van der Waals surface area contributed by atoms with Crippen molar-refractivity contribution in [3.8, 4) is 5.75 Å². The van der Waals surface area contributed by atoms with Gasteiger partial charge in [0.15, 0.2) is 0 Å². The highest BCUT2D eigenvalue weighted by Crippen LogP contribution is 2.19. The smallest absolute Gasteiger partial charge is 0.309 e. The van der Waals surface area contributed by atoms with E-state index in [0.717, 1.165) is 16.9 Å². The van der Waals surface area contributed by atoms with Crippen LogP contribution in [-0.2, 0) is 16.1 Å². The second-order valence-electron chi connectivity index (χ2n) is 5.78. The van der Waals surface area contributed by atoms with Gasteiger partial charge in [-0.25, -0.2) is 0 Å². The molecule has 0 saturated heterocycles. The van der Waals surface area contributed by atoms with Crippen LogP contribution in [0.25, 0.3) is 0 Å². The van der Waals surface area contributed by atoms with Gasteiger partial charge in [-0.15, -0.1) is 0 Å². The maximum absolute atomic E-state index is 12.0. The zero-order chi connectivity index (χ0) is 18.2. The second-order valence-corrected chi connectivity index (χ2v) is 6.56. The molecule has 7 heteroatoms. The van der Waals surface area contributed by atoms with Crippen LogP contribution < -0.4 is 15.4 Å². The van der Waals surface area contributed by atoms with Gasteiger partial charge in [-0.3, -0.25) is 9.59 Å². The average Bonchev–Trinajstić information content (AvgIpc) is 3.14. The highest BCUT2D eigenvalue weighted by atomic mass is 32.1. The van der Waals surface area contributed by atoms with Crippen LogP contribution in [0.15, 0.2) is 41.1 Å². The maximum atomic E-state index is 12.0. The first kappa shape index (κ1) is 19.0. The Balaban J connectivity index is 1.82. The number of thiophene rings is 1. The third-order valence-corrected chi connectivity index (χ3v) is 4.53. The molecule has 0 spiro atoms. The summed E-state index contributed by atoms with van der Waals surface area (Å²) in [5.74, 6) is -0.523. The minimum Gasteiger partial charge on any atom is -0.497 e. The lowest BCUT2D eigenvalue weighted by Gasteiger charge is -2.23. The van der Waals surface area contributed by atoms with Crippen LogP contribution in [0.2, 0.25) is 0 Å². The summed E-state index contributed by atoms with van der Waals surface area (Å²) in [6.45, 7) is 0.663. The van der Waals surface area contributed by atoms with Gasteiger partial charge < -0.3 is 20.3 Å². The van der Waals surface area contributed by atoms with Crippen molar-refractivity contribution in [3.05, 3.63) is 52.2 Å². The Morgan fingerprint density at radius 2 is 1.80 bits per heavy atom. The molecule has 2 amide bonds. The Morgan fingerprint density at radius 1 is 1.12 bits per heavy atom. The fourth-order valence-electron chi connectivity index (χ4n) is 2.34. The summed E-state index contributed by atoms with van der Waals surface area (Å²) in [4.78, 5) is 26.0. The Hall–Kier alpha value is -2.38. The van der Waals surface area contributed by atoms with Gasteiger partial charge in [0.05, 0.1) is 13.2 Å². The Labute approximate surface area is 151 Å². The molecule has 2 N–H and O–H groups in total. The highest BCUT2D eigenvalue weighted by Gasteiger charge is 2.18.